The van der Waals surface area contributed by atoms with Gasteiger partial charge < -0.3 is 10.1 Å². The van der Waals surface area contributed by atoms with Crippen molar-refractivity contribution >= 4 is 5.69 Å². The molecule has 1 N–H and O–H groups in total. The summed E-state index contributed by atoms with van der Waals surface area (Å²) in [5, 5.41) is 3.59. The first-order valence-electron chi connectivity index (χ1n) is 6.13. The summed E-state index contributed by atoms with van der Waals surface area (Å²) in [5.74, 6) is 0.970. The molecule has 1 saturated carbocycles. The van der Waals surface area contributed by atoms with E-state index in [-0.39, 0.29) is 0 Å². The maximum atomic E-state index is 5.20. The van der Waals surface area contributed by atoms with Crippen molar-refractivity contribution in [2.24, 2.45) is 5.92 Å². The lowest BCUT2D eigenvalue weighted by Gasteiger charge is -2.17. The van der Waals surface area contributed by atoms with E-state index in [1.54, 1.807) is 7.11 Å². The highest BCUT2D eigenvalue weighted by Gasteiger charge is 2.23. The van der Waals surface area contributed by atoms with Gasteiger partial charge >= 0.3 is 0 Å². The van der Waals surface area contributed by atoms with E-state index in [0.29, 0.717) is 12.6 Å². The van der Waals surface area contributed by atoms with Crippen LogP contribution in [0.3, 0.4) is 0 Å². The molecule has 0 amide bonds. The van der Waals surface area contributed by atoms with Crippen LogP contribution in [0.25, 0.3) is 0 Å². The highest BCUT2D eigenvalue weighted by Crippen LogP contribution is 2.34. The molecule has 0 aromatic heterocycles. The van der Waals surface area contributed by atoms with Gasteiger partial charge in [0.2, 0.25) is 0 Å². The molecule has 88 valence electrons. The fraction of sp³-hybridized carbons (Fsp3) is 0.571. The Bertz CT molecular complexity index is 333. The van der Waals surface area contributed by atoms with Gasteiger partial charge in [0, 0.05) is 24.4 Å². The third-order valence-electron chi connectivity index (χ3n) is 3.10. The highest BCUT2D eigenvalue weighted by molar-refractivity contribution is 5.51. The predicted octanol–water partition coefficient (Wildman–Crippen LogP) is 3.43. The number of rotatable bonds is 6. The summed E-state index contributed by atoms with van der Waals surface area (Å²) in [6, 6.07) is 8.95. The van der Waals surface area contributed by atoms with Crippen molar-refractivity contribution < 1.29 is 4.74 Å². The van der Waals surface area contributed by atoms with E-state index in [9.17, 15) is 0 Å². The summed E-state index contributed by atoms with van der Waals surface area (Å²) < 4.78 is 5.20. The summed E-state index contributed by atoms with van der Waals surface area (Å²) in [6.07, 6.45) is 4.14. The average Bonchev–Trinajstić information content (AvgIpc) is 3.05. The second-order valence-electron chi connectivity index (χ2n) is 4.81. The fourth-order valence-corrected chi connectivity index (χ4v) is 2.12. The summed E-state index contributed by atoms with van der Waals surface area (Å²) >= 11 is 0. The zero-order valence-electron chi connectivity index (χ0n) is 10.2. The zero-order valence-corrected chi connectivity index (χ0v) is 10.2. The van der Waals surface area contributed by atoms with Crippen LogP contribution >= 0.6 is 0 Å². The molecule has 0 heterocycles. The molecule has 0 spiro atoms. The van der Waals surface area contributed by atoms with Crippen molar-refractivity contribution in [1.29, 1.82) is 0 Å². The Morgan fingerprint density at radius 2 is 2.12 bits per heavy atom. The lowest BCUT2D eigenvalue weighted by molar-refractivity contribution is 0.185. The van der Waals surface area contributed by atoms with Crippen LogP contribution in [-0.4, -0.2) is 13.2 Å². The number of ether oxygens (including phenoxy) is 1. The first-order valence-corrected chi connectivity index (χ1v) is 6.13. The number of benzene rings is 1. The molecule has 0 radical (unpaired) electrons. The van der Waals surface area contributed by atoms with Crippen molar-refractivity contribution in [3.8, 4) is 0 Å². The van der Waals surface area contributed by atoms with E-state index < -0.39 is 0 Å². The molecule has 1 aromatic rings. The topological polar surface area (TPSA) is 21.3 Å². The SMILES string of the molecule is COCc1ccccc1NC(C)CC1CC1. The Kier molecular flexibility index (Phi) is 3.83. The summed E-state index contributed by atoms with van der Waals surface area (Å²) in [4.78, 5) is 0. The number of hydrogen-bond donors (Lipinski definition) is 1. The molecule has 16 heavy (non-hydrogen) atoms. The third kappa shape index (κ3) is 3.24. The van der Waals surface area contributed by atoms with Gasteiger partial charge in [-0.25, -0.2) is 0 Å². The van der Waals surface area contributed by atoms with Gasteiger partial charge in [-0.05, 0) is 25.3 Å². The minimum absolute atomic E-state index is 0.561. The summed E-state index contributed by atoms with van der Waals surface area (Å²) in [6.45, 7) is 2.95. The molecule has 0 saturated heterocycles. The van der Waals surface area contributed by atoms with E-state index in [1.807, 2.05) is 0 Å². The van der Waals surface area contributed by atoms with E-state index in [0.717, 1.165) is 5.92 Å². The molecular formula is C14H21NO. The number of anilines is 1. The minimum Gasteiger partial charge on any atom is -0.382 e. The zero-order chi connectivity index (χ0) is 11.4. The van der Waals surface area contributed by atoms with Gasteiger partial charge in [0.05, 0.1) is 6.61 Å². The molecule has 2 heteroatoms. The molecule has 0 bridgehead atoms. The number of nitrogens with one attached hydrogen (secondary N) is 1. The Hall–Kier alpha value is -1.02. The van der Waals surface area contributed by atoms with Crippen LogP contribution in [0.15, 0.2) is 24.3 Å². The van der Waals surface area contributed by atoms with Crippen LogP contribution in [0, 0.1) is 5.92 Å². The van der Waals surface area contributed by atoms with Gasteiger partial charge in [-0.1, -0.05) is 31.0 Å². The normalized spacial score (nSPS) is 17.1. The molecule has 1 aromatic carbocycles. The molecule has 2 rings (SSSR count). The fourth-order valence-electron chi connectivity index (χ4n) is 2.12. The Morgan fingerprint density at radius 3 is 2.81 bits per heavy atom. The largest absolute Gasteiger partial charge is 0.382 e. The molecule has 1 fully saturated rings. The van der Waals surface area contributed by atoms with Crippen molar-refractivity contribution in [2.45, 2.75) is 38.8 Å². The second kappa shape index (κ2) is 5.35. The Morgan fingerprint density at radius 1 is 1.38 bits per heavy atom. The Balaban J connectivity index is 1.95. The number of methoxy groups -OCH3 is 1. The van der Waals surface area contributed by atoms with Gasteiger partial charge in [0.1, 0.15) is 0 Å². The van der Waals surface area contributed by atoms with E-state index >= 15 is 0 Å². The monoisotopic (exact) mass is 219 g/mol. The molecule has 1 atom stereocenters. The van der Waals surface area contributed by atoms with Gasteiger partial charge in [0.25, 0.3) is 0 Å². The molecule has 2 nitrogen and oxygen atoms in total. The average molecular weight is 219 g/mol. The number of hydrogen-bond acceptors (Lipinski definition) is 2. The van der Waals surface area contributed by atoms with Crippen molar-refractivity contribution in [3.63, 3.8) is 0 Å². The molecule has 0 aliphatic heterocycles. The smallest absolute Gasteiger partial charge is 0.0733 e. The lowest BCUT2D eigenvalue weighted by atomic mass is 10.1. The minimum atomic E-state index is 0.561. The van der Waals surface area contributed by atoms with Gasteiger partial charge in [-0.15, -0.1) is 0 Å². The van der Waals surface area contributed by atoms with Crippen LogP contribution in [0.5, 0.6) is 0 Å². The van der Waals surface area contributed by atoms with E-state index in [4.69, 9.17) is 4.74 Å². The standard InChI is InChI=1S/C14H21NO/c1-11(9-12-7-8-12)15-14-6-4-3-5-13(14)10-16-2/h3-6,11-12,15H,7-10H2,1-2H3. The lowest BCUT2D eigenvalue weighted by Crippen LogP contribution is -2.16. The maximum Gasteiger partial charge on any atom is 0.0733 e. The van der Waals surface area contributed by atoms with Crippen molar-refractivity contribution in [2.75, 3.05) is 12.4 Å². The first kappa shape index (κ1) is 11.5. The molecule has 1 unspecified atom stereocenters. The van der Waals surface area contributed by atoms with Gasteiger partial charge in [-0.2, -0.15) is 0 Å². The van der Waals surface area contributed by atoms with Crippen LogP contribution < -0.4 is 5.32 Å². The van der Waals surface area contributed by atoms with Crippen molar-refractivity contribution in [1.82, 2.24) is 0 Å². The van der Waals surface area contributed by atoms with Crippen LogP contribution in [0.1, 0.15) is 31.7 Å². The Labute approximate surface area is 98.0 Å². The molecular weight excluding hydrogens is 198 g/mol. The van der Waals surface area contributed by atoms with Gasteiger partial charge in [0.15, 0.2) is 0 Å². The highest BCUT2D eigenvalue weighted by atomic mass is 16.5. The van der Waals surface area contributed by atoms with Crippen LogP contribution in [0.4, 0.5) is 5.69 Å². The maximum absolute atomic E-state index is 5.20. The summed E-state index contributed by atoms with van der Waals surface area (Å²) in [7, 11) is 1.74. The first-order chi connectivity index (χ1) is 7.79. The van der Waals surface area contributed by atoms with Gasteiger partial charge in [-0.3, -0.25) is 0 Å². The van der Waals surface area contributed by atoms with Crippen molar-refractivity contribution in [3.05, 3.63) is 29.8 Å². The molecule has 1 aliphatic carbocycles. The van der Waals surface area contributed by atoms with E-state index in [2.05, 4.69) is 36.5 Å². The molecule has 1 aliphatic rings. The number of para-hydroxylation sites is 1. The quantitative estimate of drug-likeness (QED) is 0.791. The predicted molar refractivity (Wildman–Crippen MR) is 67.6 cm³/mol. The summed E-state index contributed by atoms with van der Waals surface area (Å²) in [5.41, 5.74) is 2.46. The third-order valence-corrected chi connectivity index (χ3v) is 3.10. The van der Waals surface area contributed by atoms with Crippen LogP contribution in [0.2, 0.25) is 0 Å². The van der Waals surface area contributed by atoms with E-state index in [1.165, 1.54) is 30.5 Å². The second-order valence-corrected chi connectivity index (χ2v) is 4.81. The van der Waals surface area contributed by atoms with Crippen LogP contribution in [-0.2, 0) is 11.3 Å².